The van der Waals surface area contributed by atoms with Crippen LogP contribution in [0.2, 0.25) is 0 Å². The van der Waals surface area contributed by atoms with Crippen molar-refractivity contribution in [1.82, 2.24) is 0 Å². The molecule has 0 aromatic rings. The molecular weight excluding hydrogens is 239 g/mol. The summed E-state index contributed by atoms with van der Waals surface area (Å²) in [6.07, 6.45) is 1.46. The van der Waals surface area contributed by atoms with Crippen LogP contribution in [-0.4, -0.2) is 31.3 Å². The van der Waals surface area contributed by atoms with Gasteiger partial charge in [-0.05, 0) is 12.8 Å². The largest absolute Gasteiger partial charge is 0.342 e. The highest BCUT2D eigenvalue weighted by Gasteiger charge is 2.25. The number of nitrogens with two attached hydrogens (primary N) is 1. The van der Waals surface area contributed by atoms with Crippen LogP contribution in [0.5, 0.6) is 0 Å². The van der Waals surface area contributed by atoms with Gasteiger partial charge in [0.25, 0.3) is 0 Å². The number of hydrogen-bond acceptors (Lipinski definition) is 4. The molecule has 0 rings (SSSR count). The highest BCUT2D eigenvalue weighted by Crippen LogP contribution is 2.39. The maximum absolute atomic E-state index is 11.5. The molecule has 2 atom stereocenters. The number of nitrogens with one attached hydrogen (secondary N) is 1. The van der Waals surface area contributed by atoms with Gasteiger partial charge in [0.2, 0.25) is 0 Å². The molecule has 0 spiro atoms. The number of hydrogen-bond donors (Lipinski definition) is 4. The molecule has 0 aliphatic rings. The van der Waals surface area contributed by atoms with Crippen molar-refractivity contribution in [3.63, 3.8) is 0 Å². The predicted molar refractivity (Wildman–Crippen MR) is 60.1 cm³/mol. The fraction of sp³-hybridized carbons (Fsp3) is 1.00. The Bertz CT molecular complexity index is 324. The molecule has 0 radical (unpaired) electrons. The molecule has 0 saturated carbocycles. The summed E-state index contributed by atoms with van der Waals surface area (Å²) in [5.74, 6) is -1.07. The van der Waals surface area contributed by atoms with E-state index in [0.717, 1.165) is 6.42 Å². The fourth-order valence-electron chi connectivity index (χ4n) is 0.959. The molecule has 0 saturated heterocycles. The second kappa shape index (κ2) is 5.96. The van der Waals surface area contributed by atoms with Gasteiger partial charge in [-0.3, -0.25) is 9.34 Å². The molecule has 0 aliphatic carbocycles. The van der Waals surface area contributed by atoms with E-state index in [4.69, 9.17) is 20.3 Å². The minimum atomic E-state index is -4.30. The smallest absolute Gasteiger partial charge is 0.323 e. The summed E-state index contributed by atoms with van der Waals surface area (Å²) in [4.78, 5) is 17.4. The standard InChI is InChI=1S/C7H19N2O4PS/c1-2-3-5-15(9,13)6-4-7(8)14(10,11)12/h7,9H,2-6,8H2,1H3,(H2,10,11,12)/t7-,15+/m0/s1. The van der Waals surface area contributed by atoms with E-state index in [9.17, 15) is 8.77 Å². The van der Waals surface area contributed by atoms with E-state index in [1.54, 1.807) is 0 Å². The topological polar surface area (TPSA) is 124 Å². The van der Waals surface area contributed by atoms with E-state index < -0.39 is 23.1 Å². The normalized spacial score (nSPS) is 18.4. The van der Waals surface area contributed by atoms with Crippen LogP contribution in [0.4, 0.5) is 0 Å². The third-order valence-corrected chi connectivity index (χ3v) is 4.97. The van der Waals surface area contributed by atoms with Gasteiger partial charge in [0.1, 0.15) is 5.78 Å². The average molecular weight is 258 g/mol. The first kappa shape index (κ1) is 15.1. The fourth-order valence-corrected chi connectivity index (χ4v) is 3.19. The van der Waals surface area contributed by atoms with Gasteiger partial charge in [-0.25, -0.2) is 4.21 Å². The van der Waals surface area contributed by atoms with Crippen LogP contribution >= 0.6 is 7.60 Å². The first-order chi connectivity index (χ1) is 6.69. The molecule has 15 heavy (non-hydrogen) atoms. The molecular formula is C7H19N2O4PS. The monoisotopic (exact) mass is 258 g/mol. The third-order valence-electron chi connectivity index (χ3n) is 2.00. The Balaban J connectivity index is 4.10. The molecule has 0 amide bonds. The molecule has 0 aliphatic heterocycles. The van der Waals surface area contributed by atoms with Gasteiger partial charge in [-0.1, -0.05) is 13.3 Å². The highest BCUT2D eigenvalue weighted by atomic mass is 32.2. The molecule has 0 unspecified atom stereocenters. The lowest BCUT2D eigenvalue weighted by Gasteiger charge is -2.14. The zero-order chi connectivity index (χ0) is 12.1. The van der Waals surface area contributed by atoms with Crippen molar-refractivity contribution >= 4 is 17.3 Å². The van der Waals surface area contributed by atoms with Crippen molar-refractivity contribution in [3.8, 4) is 0 Å². The van der Waals surface area contributed by atoms with E-state index in [1.165, 1.54) is 0 Å². The summed E-state index contributed by atoms with van der Waals surface area (Å²) in [6, 6.07) is 0. The van der Waals surface area contributed by atoms with Crippen molar-refractivity contribution < 1.29 is 18.6 Å². The van der Waals surface area contributed by atoms with Crippen molar-refractivity contribution in [3.05, 3.63) is 0 Å². The van der Waals surface area contributed by atoms with Gasteiger partial charge < -0.3 is 15.5 Å². The zero-order valence-electron chi connectivity index (χ0n) is 8.76. The summed E-state index contributed by atoms with van der Waals surface area (Å²) < 4.78 is 29.7. The quantitative estimate of drug-likeness (QED) is 0.500. The van der Waals surface area contributed by atoms with Gasteiger partial charge in [0, 0.05) is 21.2 Å². The Hall–Kier alpha value is 0.0600. The van der Waals surface area contributed by atoms with Gasteiger partial charge >= 0.3 is 7.60 Å². The van der Waals surface area contributed by atoms with Crippen molar-refractivity contribution in [1.29, 1.82) is 4.78 Å². The summed E-state index contributed by atoms with van der Waals surface area (Å²) in [5.41, 5.74) is 5.21. The molecule has 5 N–H and O–H groups in total. The van der Waals surface area contributed by atoms with Crippen LogP contribution in [0.1, 0.15) is 26.2 Å². The van der Waals surface area contributed by atoms with Crippen LogP contribution in [0, 0.1) is 4.78 Å². The van der Waals surface area contributed by atoms with E-state index in [0.29, 0.717) is 6.42 Å². The summed E-state index contributed by atoms with van der Waals surface area (Å²) in [7, 11) is -7.02. The highest BCUT2D eigenvalue weighted by molar-refractivity contribution is 7.92. The van der Waals surface area contributed by atoms with Crippen molar-refractivity contribution in [2.24, 2.45) is 5.73 Å². The predicted octanol–water partition coefficient (Wildman–Crippen LogP) is 0.686. The number of rotatable bonds is 7. The maximum Gasteiger partial charge on any atom is 0.342 e. The van der Waals surface area contributed by atoms with E-state index >= 15 is 0 Å². The Morgan fingerprint density at radius 1 is 1.47 bits per heavy atom. The summed E-state index contributed by atoms with van der Waals surface area (Å²) in [6.45, 7) is 1.93. The average Bonchev–Trinajstić information content (AvgIpc) is 2.09. The van der Waals surface area contributed by atoms with Crippen LogP contribution in [0.15, 0.2) is 0 Å². The number of unbranched alkanes of at least 4 members (excludes halogenated alkanes) is 1. The molecule has 8 heteroatoms. The summed E-state index contributed by atoms with van der Waals surface area (Å²) in [5, 5.41) is 0. The molecule has 6 nitrogen and oxygen atoms in total. The first-order valence-corrected chi connectivity index (χ1v) is 8.32. The Kier molecular flexibility index (Phi) is 5.98. The van der Waals surface area contributed by atoms with E-state index in [-0.39, 0.29) is 17.9 Å². The van der Waals surface area contributed by atoms with Crippen LogP contribution in [0.25, 0.3) is 0 Å². The SMILES string of the molecule is CCCC[S@@](=N)(=O)CC[C@@H](N)P(=O)(O)O. The lowest BCUT2D eigenvalue weighted by molar-refractivity contribution is 0.357. The Labute approximate surface area is 90.4 Å². The van der Waals surface area contributed by atoms with Crippen molar-refractivity contribution in [2.45, 2.75) is 32.0 Å². The van der Waals surface area contributed by atoms with Gasteiger partial charge in [0.05, 0.1) is 0 Å². The minimum Gasteiger partial charge on any atom is -0.323 e. The van der Waals surface area contributed by atoms with E-state index in [1.807, 2.05) is 6.92 Å². The third kappa shape index (κ3) is 7.03. The zero-order valence-corrected chi connectivity index (χ0v) is 10.5. The van der Waals surface area contributed by atoms with Crippen molar-refractivity contribution in [2.75, 3.05) is 11.5 Å². The molecule has 0 fully saturated rings. The molecule has 0 aromatic heterocycles. The lowest BCUT2D eigenvalue weighted by atomic mass is 10.4. The van der Waals surface area contributed by atoms with Crippen LogP contribution in [-0.2, 0) is 14.3 Å². The second-order valence-corrected chi connectivity index (χ2v) is 7.80. The lowest BCUT2D eigenvalue weighted by Crippen LogP contribution is -2.24. The first-order valence-electron chi connectivity index (χ1n) is 4.74. The van der Waals surface area contributed by atoms with Gasteiger partial charge in [-0.15, -0.1) is 0 Å². The molecule has 0 bridgehead atoms. The Morgan fingerprint density at radius 3 is 2.40 bits per heavy atom. The molecule has 92 valence electrons. The van der Waals surface area contributed by atoms with Crippen LogP contribution < -0.4 is 5.73 Å². The Morgan fingerprint density at radius 2 is 2.00 bits per heavy atom. The van der Waals surface area contributed by atoms with Gasteiger partial charge in [-0.2, -0.15) is 0 Å². The minimum absolute atomic E-state index is 0.0424. The summed E-state index contributed by atoms with van der Waals surface area (Å²) >= 11 is 0. The molecule has 0 aromatic carbocycles. The molecule has 0 heterocycles. The van der Waals surface area contributed by atoms with Gasteiger partial charge in [0.15, 0.2) is 0 Å². The second-order valence-electron chi connectivity index (χ2n) is 3.52. The van der Waals surface area contributed by atoms with E-state index in [2.05, 4.69) is 0 Å². The maximum atomic E-state index is 11.5. The van der Waals surface area contributed by atoms with Crippen LogP contribution in [0.3, 0.4) is 0 Å².